The maximum Gasteiger partial charge on any atom is 0.329 e. The molecule has 0 saturated carbocycles. The Morgan fingerprint density at radius 2 is 1.64 bits per heavy atom. The minimum Gasteiger partial charge on any atom is -0.376 e. The van der Waals surface area contributed by atoms with Crippen molar-refractivity contribution in [2.45, 2.75) is 58.5 Å². The molecule has 0 aromatic rings. The fraction of sp³-hybridized carbons (Fsp3) is 1.00. The molecule has 0 aromatic carbocycles. The van der Waals surface area contributed by atoms with E-state index in [4.69, 9.17) is 23.6 Å². The average molecular weight is 360 g/mol. The van der Waals surface area contributed by atoms with E-state index >= 15 is 0 Å². The summed E-state index contributed by atoms with van der Waals surface area (Å²) in [5.41, 5.74) is 0. The van der Waals surface area contributed by atoms with E-state index in [1.165, 1.54) is 0 Å². The van der Waals surface area contributed by atoms with E-state index in [-0.39, 0.29) is 6.10 Å². The molecule has 7 nitrogen and oxygen atoms in total. The molecule has 0 aliphatic carbocycles. The number of unbranched alkanes of at least 4 members (excludes halogenated alkanes) is 2. The van der Waals surface area contributed by atoms with Crippen molar-refractivity contribution >= 4 is 17.2 Å². The van der Waals surface area contributed by atoms with Crippen molar-refractivity contribution in [3.8, 4) is 0 Å². The lowest BCUT2D eigenvalue weighted by molar-refractivity contribution is 0.0588. The van der Waals surface area contributed by atoms with Crippen molar-refractivity contribution in [3.05, 3.63) is 0 Å². The van der Waals surface area contributed by atoms with Crippen molar-refractivity contribution in [3.63, 3.8) is 0 Å². The van der Waals surface area contributed by atoms with Crippen molar-refractivity contribution in [2.24, 2.45) is 0 Å². The predicted molar refractivity (Wildman–Crippen MR) is 87.1 cm³/mol. The molecule has 22 heavy (non-hydrogen) atoms. The highest BCUT2D eigenvalue weighted by molar-refractivity contribution is 7.40. The highest BCUT2D eigenvalue weighted by Gasteiger charge is 2.18. The van der Waals surface area contributed by atoms with Gasteiger partial charge in [-0.25, -0.2) is 0 Å². The summed E-state index contributed by atoms with van der Waals surface area (Å²) in [5, 5.41) is 0. The van der Waals surface area contributed by atoms with E-state index in [9.17, 15) is 4.89 Å². The largest absolute Gasteiger partial charge is 0.376 e. The second-order valence-corrected chi connectivity index (χ2v) is 6.55. The van der Waals surface area contributed by atoms with Gasteiger partial charge >= 0.3 is 17.2 Å². The van der Waals surface area contributed by atoms with Crippen molar-refractivity contribution in [2.75, 3.05) is 26.4 Å². The van der Waals surface area contributed by atoms with Gasteiger partial charge in [-0.3, -0.25) is 0 Å². The Morgan fingerprint density at radius 1 is 1.00 bits per heavy atom. The topological polar surface area (TPSA) is 97.6 Å². The molecule has 3 N–H and O–H groups in total. The molecular formula is C13H30O7P2. The van der Waals surface area contributed by atoms with E-state index in [0.29, 0.717) is 19.8 Å². The van der Waals surface area contributed by atoms with Crippen molar-refractivity contribution in [1.82, 2.24) is 0 Å². The van der Waals surface area contributed by atoms with Gasteiger partial charge in [-0.1, -0.05) is 26.7 Å². The fourth-order valence-corrected chi connectivity index (χ4v) is 2.48. The first-order chi connectivity index (χ1) is 10.6. The zero-order valence-corrected chi connectivity index (χ0v) is 15.3. The Kier molecular flexibility index (Phi) is 16.9. The smallest absolute Gasteiger partial charge is 0.329 e. The molecule has 1 saturated heterocycles. The highest BCUT2D eigenvalue weighted by atomic mass is 31.2. The molecule has 1 rings (SSSR count). The second-order valence-electron chi connectivity index (χ2n) is 4.79. The van der Waals surface area contributed by atoms with Crippen LogP contribution in [0.15, 0.2) is 0 Å². The Hall–Kier alpha value is 0.580. The third-order valence-electron chi connectivity index (χ3n) is 2.80. The van der Waals surface area contributed by atoms with Crippen LogP contribution in [0.3, 0.4) is 0 Å². The molecule has 9 heteroatoms. The van der Waals surface area contributed by atoms with Crippen LogP contribution in [0.1, 0.15) is 52.4 Å². The molecule has 0 aromatic heterocycles. The van der Waals surface area contributed by atoms with Gasteiger partial charge in [-0.05, 0) is 25.7 Å². The summed E-state index contributed by atoms with van der Waals surface area (Å²) < 4.78 is 20.0. The Balaban J connectivity index is 0.000000472. The van der Waals surface area contributed by atoms with Gasteiger partial charge in [0.05, 0.1) is 25.9 Å². The molecule has 1 aliphatic heterocycles. The number of hydrogen-bond acceptors (Lipinski definition) is 7. The van der Waals surface area contributed by atoms with Crippen LogP contribution in [0.25, 0.3) is 0 Å². The predicted octanol–water partition coefficient (Wildman–Crippen LogP) is 3.23. The van der Waals surface area contributed by atoms with E-state index in [2.05, 4.69) is 11.4 Å². The molecule has 0 radical (unpaired) electrons. The third-order valence-corrected chi connectivity index (χ3v) is 3.99. The molecule has 0 bridgehead atoms. The lowest BCUT2D eigenvalue weighted by Gasteiger charge is -2.13. The van der Waals surface area contributed by atoms with Crippen LogP contribution >= 0.6 is 17.2 Å². The Labute approximate surface area is 135 Å². The van der Waals surface area contributed by atoms with E-state index < -0.39 is 17.2 Å². The van der Waals surface area contributed by atoms with E-state index in [1.54, 1.807) is 0 Å². The summed E-state index contributed by atoms with van der Waals surface area (Å²) in [6, 6.07) is 0. The van der Waals surface area contributed by atoms with Gasteiger partial charge < -0.3 is 33.0 Å². The second kappa shape index (κ2) is 16.4. The van der Waals surface area contributed by atoms with Crippen LogP contribution in [0.5, 0.6) is 0 Å². The molecule has 1 aliphatic rings. The number of hydrogen-bond donors (Lipinski definition) is 3. The third kappa shape index (κ3) is 15.5. The molecule has 134 valence electrons. The van der Waals surface area contributed by atoms with Gasteiger partial charge in [-0.15, -0.1) is 0 Å². The van der Waals surface area contributed by atoms with Gasteiger partial charge in [0.25, 0.3) is 0 Å². The zero-order valence-electron chi connectivity index (χ0n) is 13.5. The zero-order chi connectivity index (χ0) is 16.6. The quantitative estimate of drug-likeness (QED) is 0.384. The van der Waals surface area contributed by atoms with Crippen LogP contribution in [-0.2, 0) is 18.3 Å². The molecule has 0 amide bonds. The Bertz CT molecular complexity index is 228. The summed E-state index contributed by atoms with van der Waals surface area (Å²) >= 11 is 0. The summed E-state index contributed by atoms with van der Waals surface area (Å²) in [6.45, 7) is 6.39. The van der Waals surface area contributed by atoms with Crippen LogP contribution in [0.4, 0.5) is 0 Å². The lowest BCUT2D eigenvalue weighted by atomic mass is 10.2. The van der Waals surface area contributed by atoms with Gasteiger partial charge in [-0.2, -0.15) is 0 Å². The van der Waals surface area contributed by atoms with Crippen molar-refractivity contribution in [1.29, 1.82) is 0 Å². The SMILES string of the molecule is CCCCOP(O)O.CCCCOP(O)OCC1CCCO1. The number of ether oxygens (including phenoxy) is 1. The lowest BCUT2D eigenvalue weighted by Crippen LogP contribution is -2.12. The van der Waals surface area contributed by atoms with Crippen LogP contribution in [0, 0.1) is 0 Å². The molecule has 0 spiro atoms. The fourth-order valence-electron chi connectivity index (χ4n) is 1.54. The van der Waals surface area contributed by atoms with Gasteiger partial charge in [0.2, 0.25) is 0 Å². The molecule has 2 atom stereocenters. The molecule has 1 heterocycles. The maximum absolute atomic E-state index is 9.30. The minimum atomic E-state index is -2.11. The average Bonchev–Trinajstić information content (AvgIpc) is 2.99. The van der Waals surface area contributed by atoms with Gasteiger partial charge in [0.15, 0.2) is 0 Å². The van der Waals surface area contributed by atoms with Crippen LogP contribution in [-0.4, -0.2) is 47.2 Å². The normalized spacial score (nSPS) is 19.1. The minimum absolute atomic E-state index is 0.155. The van der Waals surface area contributed by atoms with Gasteiger partial charge in [0, 0.05) is 6.61 Å². The first-order valence-corrected chi connectivity index (χ1v) is 10.1. The summed E-state index contributed by atoms with van der Waals surface area (Å²) in [6.07, 6.45) is 6.20. The highest BCUT2D eigenvalue weighted by Crippen LogP contribution is 2.33. The van der Waals surface area contributed by atoms with E-state index in [1.807, 2.05) is 6.92 Å². The first-order valence-electron chi connectivity index (χ1n) is 7.77. The Morgan fingerprint density at radius 3 is 2.14 bits per heavy atom. The summed E-state index contributed by atoms with van der Waals surface area (Å²) in [4.78, 5) is 25.7. The maximum atomic E-state index is 9.30. The van der Waals surface area contributed by atoms with Crippen molar-refractivity contribution < 1.29 is 33.0 Å². The van der Waals surface area contributed by atoms with E-state index in [0.717, 1.165) is 45.1 Å². The summed E-state index contributed by atoms with van der Waals surface area (Å²) in [7, 11) is -3.80. The van der Waals surface area contributed by atoms with Gasteiger partial charge in [0.1, 0.15) is 0 Å². The van der Waals surface area contributed by atoms with Crippen LogP contribution < -0.4 is 0 Å². The molecule has 1 fully saturated rings. The standard InChI is InChI=1S/C9H19O4P.C4H11O3P/c1-2-3-7-12-14(10)13-8-9-5-4-6-11-9;1-2-3-4-7-8(5)6/h9-10H,2-8H2,1H3;5-6H,2-4H2,1H3. The monoisotopic (exact) mass is 360 g/mol. The number of rotatable bonds is 11. The first kappa shape index (κ1) is 22.6. The summed E-state index contributed by atoms with van der Waals surface area (Å²) in [5.74, 6) is 0. The van der Waals surface area contributed by atoms with Crippen LogP contribution in [0.2, 0.25) is 0 Å². The molecular weight excluding hydrogens is 330 g/mol. The molecule has 2 unspecified atom stereocenters.